The molecule has 30 heavy (non-hydrogen) atoms. The maximum atomic E-state index is 13.3. The molecule has 1 N–H and O–H groups in total. The monoisotopic (exact) mass is 467 g/mol. The van der Waals surface area contributed by atoms with E-state index in [1.165, 1.54) is 12.1 Å². The van der Waals surface area contributed by atoms with Crippen molar-refractivity contribution in [1.29, 1.82) is 0 Å². The van der Waals surface area contributed by atoms with Crippen LogP contribution in [0.2, 0.25) is 0 Å². The summed E-state index contributed by atoms with van der Waals surface area (Å²) in [6.07, 6.45) is 1.16. The maximum Gasteiger partial charge on any atom is 0.335 e. The zero-order chi connectivity index (χ0) is 21.6. The van der Waals surface area contributed by atoms with Crippen LogP contribution in [0.5, 0.6) is 0 Å². The number of allylic oxidation sites excluding steroid dienone is 2. The highest BCUT2D eigenvalue weighted by atomic mass is 79.9. The predicted octanol–water partition coefficient (Wildman–Crippen LogP) is 5.31. The molecule has 0 radical (unpaired) electrons. The van der Waals surface area contributed by atoms with Crippen LogP contribution in [0.3, 0.4) is 0 Å². The Labute approximate surface area is 183 Å². The molecule has 1 aliphatic heterocycles. The number of nitrogens with zero attached hydrogens (tertiary/aromatic N) is 1. The minimum atomic E-state index is -1.05. The summed E-state index contributed by atoms with van der Waals surface area (Å²) in [4.78, 5) is 39.6. The normalized spacial score (nSPS) is 20.9. The highest BCUT2D eigenvalue weighted by molar-refractivity contribution is 9.10. The molecule has 6 heteroatoms. The van der Waals surface area contributed by atoms with Crippen LogP contribution in [0.15, 0.2) is 64.3 Å². The molecule has 4 rings (SSSR count). The summed E-state index contributed by atoms with van der Waals surface area (Å²) >= 11 is 3.48. The molecule has 154 valence electrons. The predicted molar refractivity (Wildman–Crippen MR) is 117 cm³/mol. The number of amides is 1. The summed E-state index contributed by atoms with van der Waals surface area (Å²) < 4.78 is 0.898. The minimum absolute atomic E-state index is 0.0538. The summed E-state index contributed by atoms with van der Waals surface area (Å²) in [7, 11) is 0. The molecule has 1 aliphatic carbocycles. The Morgan fingerprint density at radius 1 is 1.10 bits per heavy atom. The second-order valence-electron chi connectivity index (χ2n) is 8.70. The van der Waals surface area contributed by atoms with Crippen molar-refractivity contribution in [2.75, 3.05) is 4.90 Å². The molecule has 1 atom stereocenters. The summed E-state index contributed by atoms with van der Waals surface area (Å²) in [6, 6.07) is 14.1. The number of carboxylic acids is 1. The first-order valence-electron chi connectivity index (χ1n) is 9.84. The number of hydrogen-bond acceptors (Lipinski definition) is 3. The van der Waals surface area contributed by atoms with Crippen LogP contribution in [-0.4, -0.2) is 22.8 Å². The second kappa shape index (κ2) is 7.51. The SMILES string of the molecule is CC1(C)CC(=O)C2=C(C1)N(c1cccc(C(=O)O)c1)C(=O)CC2c1cccc(Br)c1. The van der Waals surface area contributed by atoms with Gasteiger partial charge in [0.2, 0.25) is 5.91 Å². The number of benzene rings is 2. The van der Waals surface area contributed by atoms with Crippen molar-refractivity contribution in [3.05, 3.63) is 75.4 Å². The molecule has 0 saturated carbocycles. The fraction of sp³-hybridized carbons (Fsp3) is 0.292. The molecule has 2 aromatic carbocycles. The molecule has 2 aromatic rings. The number of ketones is 1. The van der Waals surface area contributed by atoms with Crippen molar-refractivity contribution in [2.45, 2.75) is 39.0 Å². The lowest BCUT2D eigenvalue weighted by Crippen LogP contribution is -2.43. The zero-order valence-electron chi connectivity index (χ0n) is 16.8. The average Bonchev–Trinajstić information content (AvgIpc) is 2.66. The Bertz CT molecular complexity index is 1100. The van der Waals surface area contributed by atoms with Gasteiger partial charge in [-0.25, -0.2) is 4.79 Å². The Morgan fingerprint density at radius 2 is 1.83 bits per heavy atom. The number of anilines is 1. The van der Waals surface area contributed by atoms with E-state index >= 15 is 0 Å². The van der Waals surface area contributed by atoms with E-state index < -0.39 is 5.97 Å². The van der Waals surface area contributed by atoms with Crippen molar-refractivity contribution in [2.24, 2.45) is 5.41 Å². The van der Waals surface area contributed by atoms with Crippen molar-refractivity contribution >= 4 is 39.3 Å². The molecule has 0 spiro atoms. The van der Waals surface area contributed by atoms with Gasteiger partial charge in [-0.2, -0.15) is 0 Å². The lowest BCUT2D eigenvalue weighted by Gasteiger charge is -2.43. The molecule has 0 aromatic heterocycles. The zero-order valence-corrected chi connectivity index (χ0v) is 18.4. The molecular formula is C24H22BrNO4. The number of carboxylic acid groups (broad SMARTS) is 1. The van der Waals surface area contributed by atoms with Gasteiger partial charge < -0.3 is 5.11 Å². The van der Waals surface area contributed by atoms with Crippen molar-refractivity contribution in [1.82, 2.24) is 0 Å². The van der Waals surface area contributed by atoms with E-state index in [1.807, 2.05) is 38.1 Å². The first kappa shape index (κ1) is 20.5. The lowest BCUT2D eigenvalue weighted by atomic mass is 9.69. The van der Waals surface area contributed by atoms with Gasteiger partial charge in [0.1, 0.15) is 0 Å². The minimum Gasteiger partial charge on any atom is -0.478 e. The molecule has 1 heterocycles. The van der Waals surface area contributed by atoms with Gasteiger partial charge in [0, 0.05) is 40.2 Å². The number of carbonyl (C=O) groups excluding carboxylic acids is 2. The Balaban J connectivity index is 1.90. The van der Waals surface area contributed by atoms with Crippen LogP contribution in [0.1, 0.15) is 54.9 Å². The number of carbonyl (C=O) groups is 3. The highest BCUT2D eigenvalue weighted by Crippen LogP contribution is 2.48. The van der Waals surface area contributed by atoms with E-state index in [4.69, 9.17) is 0 Å². The summed E-state index contributed by atoms with van der Waals surface area (Å²) in [5.41, 5.74) is 2.62. The Morgan fingerprint density at radius 3 is 2.53 bits per heavy atom. The molecule has 1 amide bonds. The van der Waals surface area contributed by atoms with Gasteiger partial charge in [-0.3, -0.25) is 14.5 Å². The summed E-state index contributed by atoms with van der Waals surface area (Å²) in [5.74, 6) is -1.43. The summed E-state index contributed by atoms with van der Waals surface area (Å²) in [6.45, 7) is 4.04. The standard InChI is InChI=1S/C24H22BrNO4/c1-24(2)12-19-22(20(27)13-24)18(14-5-3-7-16(25)9-14)11-21(28)26(19)17-8-4-6-15(10-17)23(29)30/h3-10,18H,11-13H2,1-2H3,(H,29,30). The van der Waals surface area contributed by atoms with E-state index in [-0.39, 0.29) is 35.0 Å². The van der Waals surface area contributed by atoms with Gasteiger partial charge in [0.25, 0.3) is 0 Å². The number of rotatable bonds is 3. The highest BCUT2D eigenvalue weighted by Gasteiger charge is 2.44. The van der Waals surface area contributed by atoms with Gasteiger partial charge in [-0.15, -0.1) is 0 Å². The molecule has 0 bridgehead atoms. The van der Waals surface area contributed by atoms with E-state index in [1.54, 1.807) is 17.0 Å². The van der Waals surface area contributed by atoms with Gasteiger partial charge >= 0.3 is 5.97 Å². The molecule has 1 unspecified atom stereocenters. The largest absolute Gasteiger partial charge is 0.478 e. The van der Waals surface area contributed by atoms with Crippen LogP contribution >= 0.6 is 15.9 Å². The Kier molecular flexibility index (Phi) is 5.14. The molecule has 0 saturated heterocycles. The van der Waals surface area contributed by atoms with Crippen molar-refractivity contribution < 1.29 is 19.5 Å². The third-order valence-electron chi connectivity index (χ3n) is 5.75. The lowest BCUT2D eigenvalue weighted by molar-refractivity contribution is -0.121. The van der Waals surface area contributed by atoms with E-state index in [2.05, 4.69) is 15.9 Å². The van der Waals surface area contributed by atoms with Crippen LogP contribution in [-0.2, 0) is 9.59 Å². The number of hydrogen-bond donors (Lipinski definition) is 1. The van der Waals surface area contributed by atoms with Crippen LogP contribution in [0, 0.1) is 5.41 Å². The molecular weight excluding hydrogens is 446 g/mol. The Hall–Kier alpha value is -2.73. The van der Waals surface area contributed by atoms with Crippen LogP contribution in [0.25, 0.3) is 0 Å². The summed E-state index contributed by atoms with van der Waals surface area (Å²) in [5, 5.41) is 9.37. The van der Waals surface area contributed by atoms with Crippen molar-refractivity contribution in [3.8, 4) is 0 Å². The van der Waals surface area contributed by atoms with Crippen LogP contribution < -0.4 is 4.90 Å². The molecule has 5 nitrogen and oxygen atoms in total. The number of halogens is 1. The maximum absolute atomic E-state index is 13.3. The fourth-order valence-corrected chi connectivity index (χ4v) is 4.92. The van der Waals surface area contributed by atoms with Crippen LogP contribution in [0.4, 0.5) is 5.69 Å². The van der Waals surface area contributed by atoms with E-state index in [9.17, 15) is 19.5 Å². The topological polar surface area (TPSA) is 74.7 Å². The van der Waals surface area contributed by atoms with Gasteiger partial charge in [-0.1, -0.05) is 48.0 Å². The third kappa shape index (κ3) is 3.72. The third-order valence-corrected chi connectivity index (χ3v) is 6.24. The first-order chi connectivity index (χ1) is 14.2. The van der Waals surface area contributed by atoms with Gasteiger partial charge in [0.15, 0.2) is 5.78 Å². The van der Waals surface area contributed by atoms with E-state index in [0.717, 1.165) is 10.0 Å². The molecule has 2 aliphatic rings. The quantitative estimate of drug-likeness (QED) is 0.663. The van der Waals surface area contributed by atoms with E-state index in [0.29, 0.717) is 29.8 Å². The van der Waals surface area contributed by atoms with Gasteiger partial charge in [0.05, 0.1) is 5.56 Å². The average molecular weight is 468 g/mol. The first-order valence-corrected chi connectivity index (χ1v) is 10.6. The fourth-order valence-electron chi connectivity index (χ4n) is 4.50. The molecule has 0 fully saturated rings. The number of aromatic carboxylic acids is 1. The van der Waals surface area contributed by atoms with Gasteiger partial charge in [-0.05, 0) is 47.7 Å². The van der Waals surface area contributed by atoms with Crippen molar-refractivity contribution in [3.63, 3.8) is 0 Å². The smallest absolute Gasteiger partial charge is 0.335 e. The number of Topliss-reactive ketones (excluding diaryl/α,β-unsaturated/α-hetero) is 1. The second-order valence-corrected chi connectivity index (χ2v) is 9.61.